The topological polar surface area (TPSA) is 102 Å². The maximum absolute atomic E-state index is 12.5. The number of piperidine rings is 1. The van der Waals surface area contributed by atoms with Gasteiger partial charge < -0.3 is 10.2 Å². The molecule has 0 unspecified atom stereocenters. The van der Waals surface area contributed by atoms with Crippen LogP contribution in [0.3, 0.4) is 0 Å². The van der Waals surface area contributed by atoms with Gasteiger partial charge in [0.15, 0.2) is 5.82 Å². The van der Waals surface area contributed by atoms with Crippen LogP contribution in [0.25, 0.3) is 22.2 Å². The number of nitrogens with zero attached hydrogens (tertiary/aromatic N) is 7. The van der Waals surface area contributed by atoms with Crippen LogP contribution >= 0.6 is 0 Å². The molecule has 0 aliphatic carbocycles. The van der Waals surface area contributed by atoms with E-state index >= 15 is 0 Å². The maximum atomic E-state index is 12.5. The lowest BCUT2D eigenvalue weighted by Gasteiger charge is -2.26. The maximum Gasteiger partial charge on any atom is 0.224 e. The largest absolute Gasteiger partial charge is 0.343 e. The Morgan fingerprint density at radius 1 is 1.00 bits per heavy atom. The predicted octanol–water partition coefficient (Wildman–Crippen LogP) is 4.55. The van der Waals surface area contributed by atoms with Crippen molar-refractivity contribution >= 4 is 28.6 Å². The summed E-state index contributed by atoms with van der Waals surface area (Å²) in [5, 5.41) is 16.0. The second-order valence-electron chi connectivity index (χ2n) is 9.30. The van der Waals surface area contributed by atoms with E-state index in [9.17, 15) is 4.79 Å². The highest BCUT2D eigenvalue weighted by Gasteiger charge is 2.16. The van der Waals surface area contributed by atoms with Gasteiger partial charge in [-0.1, -0.05) is 13.8 Å². The summed E-state index contributed by atoms with van der Waals surface area (Å²) in [6.07, 6.45) is 11.3. The molecule has 4 aromatic heterocycles. The number of hydrogen-bond acceptors (Lipinski definition) is 7. The second kappa shape index (κ2) is 10.2. The molecular formula is C26H30N8O. The molecule has 5 heterocycles. The number of nitrogens with one attached hydrogen (secondary N) is 1. The van der Waals surface area contributed by atoms with Crippen LogP contribution in [-0.4, -0.2) is 53.8 Å². The van der Waals surface area contributed by atoms with E-state index in [4.69, 9.17) is 4.98 Å². The van der Waals surface area contributed by atoms with E-state index in [1.54, 1.807) is 6.20 Å². The Morgan fingerprint density at radius 2 is 1.86 bits per heavy atom. The first-order valence-electron chi connectivity index (χ1n) is 12.2. The number of aryl methyl sites for hydroxylation is 1. The average Bonchev–Trinajstić information content (AvgIpc) is 3.37. The highest BCUT2D eigenvalue weighted by atomic mass is 16.2. The molecule has 1 saturated heterocycles. The van der Waals surface area contributed by atoms with Gasteiger partial charge in [-0.2, -0.15) is 10.2 Å². The number of likely N-dealkylation sites (tertiary alicyclic amines) is 1. The van der Waals surface area contributed by atoms with Crippen molar-refractivity contribution in [3.63, 3.8) is 0 Å². The van der Waals surface area contributed by atoms with Crippen molar-refractivity contribution in [1.29, 1.82) is 0 Å². The summed E-state index contributed by atoms with van der Waals surface area (Å²) in [7, 11) is 0. The summed E-state index contributed by atoms with van der Waals surface area (Å²) in [4.78, 5) is 23.7. The van der Waals surface area contributed by atoms with Gasteiger partial charge in [-0.3, -0.25) is 14.5 Å². The van der Waals surface area contributed by atoms with Gasteiger partial charge >= 0.3 is 0 Å². The molecule has 0 bridgehead atoms. The zero-order chi connectivity index (χ0) is 24.2. The molecule has 0 spiro atoms. The Morgan fingerprint density at radius 3 is 2.69 bits per heavy atom. The fourth-order valence-corrected chi connectivity index (χ4v) is 4.27. The van der Waals surface area contributed by atoms with Crippen molar-refractivity contribution in [3.05, 3.63) is 54.6 Å². The molecule has 35 heavy (non-hydrogen) atoms. The van der Waals surface area contributed by atoms with Gasteiger partial charge in [0.2, 0.25) is 5.91 Å². The molecule has 4 aromatic rings. The van der Waals surface area contributed by atoms with Gasteiger partial charge in [0.25, 0.3) is 0 Å². The quantitative estimate of drug-likeness (QED) is 0.423. The molecule has 9 heteroatoms. The summed E-state index contributed by atoms with van der Waals surface area (Å²) in [5.41, 5.74) is 4.56. The number of rotatable bonds is 7. The average molecular weight is 471 g/mol. The van der Waals surface area contributed by atoms with E-state index in [1.807, 2.05) is 52.4 Å². The highest BCUT2D eigenvalue weighted by molar-refractivity contribution is 5.81. The highest BCUT2D eigenvalue weighted by Crippen LogP contribution is 2.24. The molecule has 180 valence electrons. The van der Waals surface area contributed by atoms with Crippen LogP contribution in [0.15, 0.2) is 49.1 Å². The van der Waals surface area contributed by atoms with Crippen molar-refractivity contribution < 1.29 is 4.79 Å². The summed E-state index contributed by atoms with van der Waals surface area (Å²) in [6.45, 7) is 6.57. The van der Waals surface area contributed by atoms with Crippen molar-refractivity contribution in [1.82, 2.24) is 34.8 Å². The van der Waals surface area contributed by atoms with Crippen LogP contribution in [-0.2, 0) is 11.3 Å². The fourth-order valence-electron chi connectivity index (χ4n) is 4.27. The standard InChI is InChI=1S/C26H30N8O/c1-18(2)19-13-25(32-28-15-19)31-24-7-6-22-23(30-24)12-20(14-27-22)21-16-29-34(17-21)11-8-26(35)33-9-4-3-5-10-33/h6-7,12-18H,3-5,8-11H2,1-2H3,(H,30,31,32). The van der Waals surface area contributed by atoms with Crippen molar-refractivity contribution in [2.45, 2.75) is 52.0 Å². The van der Waals surface area contributed by atoms with E-state index in [1.165, 1.54) is 6.42 Å². The molecule has 1 aliphatic heterocycles. The van der Waals surface area contributed by atoms with Gasteiger partial charge in [0.1, 0.15) is 5.82 Å². The molecule has 0 aromatic carbocycles. The normalized spacial score (nSPS) is 14.0. The number of amides is 1. The third kappa shape index (κ3) is 5.45. The summed E-state index contributed by atoms with van der Waals surface area (Å²) < 4.78 is 1.83. The van der Waals surface area contributed by atoms with Crippen molar-refractivity contribution in [2.24, 2.45) is 0 Å². The molecular weight excluding hydrogens is 440 g/mol. The number of pyridine rings is 2. The smallest absolute Gasteiger partial charge is 0.224 e. The molecule has 1 N–H and O–H groups in total. The number of carbonyl (C=O) groups excluding carboxylic acids is 1. The zero-order valence-corrected chi connectivity index (χ0v) is 20.2. The van der Waals surface area contributed by atoms with Gasteiger partial charge in [-0.15, -0.1) is 5.10 Å². The van der Waals surface area contributed by atoms with Crippen LogP contribution in [0.1, 0.15) is 51.0 Å². The Bertz CT molecular complexity index is 1330. The molecule has 0 atom stereocenters. The van der Waals surface area contributed by atoms with E-state index in [2.05, 4.69) is 39.4 Å². The number of hydrogen-bond donors (Lipinski definition) is 1. The summed E-state index contributed by atoms with van der Waals surface area (Å²) in [6, 6.07) is 7.81. The second-order valence-corrected chi connectivity index (χ2v) is 9.30. The molecule has 1 amide bonds. The van der Waals surface area contributed by atoms with E-state index < -0.39 is 0 Å². The van der Waals surface area contributed by atoms with Crippen LogP contribution in [0.5, 0.6) is 0 Å². The number of fused-ring (bicyclic) bond motifs is 1. The molecule has 5 rings (SSSR count). The van der Waals surface area contributed by atoms with E-state index in [0.717, 1.165) is 53.7 Å². The molecule has 9 nitrogen and oxygen atoms in total. The third-order valence-corrected chi connectivity index (χ3v) is 6.37. The van der Waals surface area contributed by atoms with Crippen LogP contribution in [0.4, 0.5) is 11.6 Å². The fraction of sp³-hybridized carbons (Fsp3) is 0.385. The van der Waals surface area contributed by atoms with Gasteiger partial charge in [0, 0.05) is 49.6 Å². The molecule has 1 fully saturated rings. The van der Waals surface area contributed by atoms with E-state index in [0.29, 0.717) is 30.5 Å². The SMILES string of the molecule is CC(C)c1cnnc(Nc2ccc3ncc(-c4cnn(CCC(=O)N5CCCCC5)c4)cc3n2)c1. The van der Waals surface area contributed by atoms with Gasteiger partial charge in [-0.05, 0) is 55.0 Å². The monoisotopic (exact) mass is 470 g/mol. The number of carbonyl (C=O) groups is 1. The lowest BCUT2D eigenvalue weighted by molar-refractivity contribution is -0.132. The molecule has 0 radical (unpaired) electrons. The minimum Gasteiger partial charge on any atom is -0.343 e. The third-order valence-electron chi connectivity index (χ3n) is 6.37. The van der Waals surface area contributed by atoms with Crippen LogP contribution in [0.2, 0.25) is 0 Å². The van der Waals surface area contributed by atoms with Gasteiger partial charge in [0.05, 0.1) is 23.4 Å². The van der Waals surface area contributed by atoms with E-state index in [-0.39, 0.29) is 5.91 Å². The Balaban J connectivity index is 1.29. The lowest BCUT2D eigenvalue weighted by Crippen LogP contribution is -2.36. The predicted molar refractivity (Wildman–Crippen MR) is 135 cm³/mol. The number of anilines is 2. The van der Waals surface area contributed by atoms with Crippen LogP contribution in [0, 0.1) is 0 Å². The minimum absolute atomic E-state index is 0.210. The van der Waals surface area contributed by atoms with Crippen LogP contribution < -0.4 is 5.32 Å². The first-order chi connectivity index (χ1) is 17.0. The van der Waals surface area contributed by atoms with Gasteiger partial charge in [-0.25, -0.2) is 4.98 Å². The lowest BCUT2D eigenvalue weighted by atomic mass is 10.1. The first-order valence-corrected chi connectivity index (χ1v) is 12.2. The summed E-state index contributed by atoms with van der Waals surface area (Å²) in [5.74, 6) is 1.92. The number of aromatic nitrogens is 6. The Hall–Kier alpha value is -3.88. The van der Waals surface area contributed by atoms with Crippen molar-refractivity contribution in [2.75, 3.05) is 18.4 Å². The molecule has 0 saturated carbocycles. The minimum atomic E-state index is 0.210. The molecule has 1 aliphatic rings. The summed E-state index contributed by atoms with van der Waals surface area (Å²) >= 11 is 0. The Labute approximate surface area is 204 Å². The Kier molecular flexibility index (Phi) is 6.65. The zero-order valence-electron chi connectivity index (χ0n) is 20.2. The first kappa shape index (κ1) is 22.9. The van der Waals surface area contributed by atoms with Crippen molar-refractivity contribution in [3.8, 4) is 11.1 Å².